The molecule has 4 nitrogen and oxygen atoms in total. The number of carbonyl (C=O) groups is 1. The number of carbonyl (C=O) groups excluding carboxylic acids is 1. The van der Waals surface area contributed by atoms with E-state index in [1.54, 1.807) is 11.7 Å². The molecule has 5 heteroatoms. The minimum absolute atomic E-state index is 0.0120. The van der Waals surface area contributed by atoms with Crippen LogP contribution in [0.4, 0.5) is 0 Å². The Morgan fingerprint density at radius 2 is 2.06 bits per heavy atom. The molecule has 0 spiro atoms. The largest absolute Gasteiger partial charge is 0.368 e. The van der Waals surface area contributed by atoms with E-state index >= 15 is 0 Å². The first-order valence-electron chi connectivity index (χ1n) is 5.54. The van der Waals surface area contributed by atoms with Gasteiger partial charge in [0.15, 0.2) is 5.78 Å². The first-order valence-corrected chi connectivity index (χ1v) is 5.92. The molecule has 1 aromatic rings. The third kappa shape index (κ3) is 4.13. The summed E-state index contributed by atoms with van der Waals surface area (Å²) in [5.41, 5.74) is 1.28. The van der Waals surface area contributed by atoms with Crippen LogP contribution in [-0.2, 0) is 23.0 Å². The highest BCUT2D eigenvalue weighted by atomic mass is 35.5. The van der Waals surface area contributed by atoms with Crippen LogP contribution >= 0.6 is 11.6 Å². The molecule has 0 atom stereocenters. The van der Waals surface area contributed by atoms with Crippen LogP contribution < -0.4 is 0 Å². The Morgan fingerprint density at radius 3 is 2.47 bits per heavy atom. The molecular formula is C12H19ClN2O2. The molecule has 0 aliphatic carbocycles. The number of ether oxygens (including phenoxy) is 1. The highest BCUT2D eigenvalue weighted by Gasteiger charge is 2.17. The van der Waals surface area contributed by atoms with Crippen LogP contribution in [-0.4, -0.2) is 27.8 Å². The van der Waals surface area contributed by atoms with Gasteiger partial charge in [-0.2, -0.15) is 5.10 Å². The molecule has 0 unspecified atom stereocenters. The van der Waals surface area contributed by atoms with Gasteiger partial charge in [0, 0.05) is 19.0 Å². The fourth-order valence-corrected chi connectivity index (χ4v) is 1.66. The minimum atomic E-state index is -0.302. The molecule has 0 radical (unpaired) electrons. The molecule has 0 N–H and O–H groups in total. The third-order valence-electron chi connectivity index (χ3n) is 2.31. The lowest BCUT2D eigenvalue weighted by Crippen LogP contribution is -2.24. The quantitative estimate of drug-likeness (QED) is 0.833. The second-order valence-electron chi connectivity index (χ2n) is 5.09. The molecule has 0 amide bonds. The average Bonchev–Trinajstić information content (AvgIpc) is 2.41. The maximum atomic E-state index is 11.8. The smallest absolute Gasteiger partial charge is 0.163 e. The molecule has 96 valence electrons. The molecule has 1 heterocycles. The summed E-state index contributed by atoms with van der Waals surface area (Å²) < 4.78 is 7.00. The number of ketones is 1. The Balaban J connectivity index is 2.63. The van der Waals surface area contributed by atoms with Gasteiger partial charge in [-0.3, -0.25) is 9.48 Å². The first kappa shape index (κ1) is 14.2. The standard InChI is InChI=1S/C12H19ClN2O2/c1-8-10(11(13)15(5)14-8)6-9(16)7-17-12(2,3)4/h6-7H2,1-5H3. The second-order valence-corrected chi connectivity index (χ2v) is 5.45. The summed E-state index contributed by atoms with van der Waals surface area (Å²) in [5, 5.41) is 4.68. The summed E-state index contributed by atoms with van der Waals surface area (Å²) in [4.78, 5) is 11.8. The van der Waals surface area contributed by atoms with Crippen LogP contribution in [0.5, 0.6) is 0 Å². The van der Waals surface area contributed by atoms with E-state index in [2.05, 4.69) is 5.10 Å². The Morgan fingerprint density at radius 1 is 1.47 bits per heavy atom. The molecular weight excluding hydrogens is 240 g/mol. The Hall–Kier alpha value is -0.870. The van der Waals surface area contributed by atoms with Crippen molar-refractivity contribution in [3.8, 4) is 0 Å². The topological polar surface area (TPSA) is 44.1 Å². The van der Waals surface area contributed by atoms with Crippen molar-refractivity contribution in [3.63, 3.8) is 0 Å². The van der Waals surface area contributed by atoms with Crippen molar-refractivity contribution in [2.45, 2.75) is 39.7 Å². The van der Waals surface area contributed by atoms with Crippen LogP contribution in [0.25, 0.3) is 0 Å². The molecule has 0 saturated carbocycles. The van der Waals surface area contributed by atoms with Crippen molar-refractivity contribution < 1.29 is 9.53 Å². The van der Waals surface area contributed by atoms with E-state index in [4.69, 9.17) is 16.3 Å². The van der Waals surface area contributed by atoms with Crippen molar-refractivity contribution >= 4 is 17.4 Å². The number of hydrogen-bond donors (Lipinski definition) is 0. The molecule has 1 rings (SSSR count). The van der Waals surface area contributed by atoms with Crippen LogP contribution in [0.15, 0.2) is 0 Å². The van der Waals surface area contributed by atoms with Crippen LogP contribution in [0.1, 0.15) is 32.0 Å². The van der Waals surface area contributed by atoms with Gasteiger partial charge in [-0.25, -0.2) is 0 Å². The van der Waals surface area contributed by atoms with E-state index in [9.17, 15) is 4.79 Å². The fourth-order valence-electron chi connectivity index (χ4n) is 1.42. The average molecular weight is 259 g/mol. The van der Waals surface area contributed by atoms with E-state index in [0.717, 1.165) is 11.3 Å². The van der Waals surface area contributed by atoms with Crippen molar-refractivity contribution in [3.05, 3.63) is 16.4 Å². The van der Waals surface area contributed by atoms with Gasteiger partial charge in [0.25, 0.3) is 0 Å². The minimum Gasteiger partial charge on any atom is -0.368 e. The number of aromatic nitrogens is 2. The van der Waals surface area contributed by atoms with Gasteiger partial charge in [-0.05, 0) is 27.7 Å². The monoisotopic (exact) mass is 258 g/mol. The third-order valence-corrected chi connectivity index (χ3v) is 2.78. The van der Waals surface area contributed by atoms with Gasteiger partial charge >= 0.3 is 0 Å². The van der Waals surface area contributed by atoms with Crippen molar-refractivity contribution in [2.75, 3.05) is 6.61 Å². The summed E-state index contributed by atoms with van der Waals surface area (Å²) in [5.74, 6) is 0.0120. The van der Waals surface area contributed by atoms with Crippen LogP contribution in [0.2, 0.25) is 5.15 Å². The van der Waals surface area contributed by atoms with Crippen LogP contribution in [0.3, 0.4) is 0 Å². The normalized spacial score (nSPS) is 11.9. The summed E-state index contributed by atoms with van der Waals surface area (Å²) in [6.45, 7) is 7.71. The van der Waals surface area contributed by atoms with E-state index in [0.29, 0.717) is 5.15 Å². The number of halogens is 1. The predicted octanol–water partition coefficient (Wildman–Crippen LogP) is 2.31. The molecule has 0 fully saturated rings. The van der Waals surface area contributed by atoms with E-state index in [1.165, 1.54) is 0 Å². The highest BCUT2D eigenvalue weighted by Crippen LogP contribution is 2.19. The molecule has 1 aromatic heterocycles. The van der Waals surface area contributed by atoms with Gasteiger partial charge in [0.2, 0.25) is 0 Å². The second kappa shape index (κ2) is 5.19. The Bertz CT molecular complexity index is 419. The number of nitrogens with zero attached hydrogens (tertiary/aromatic N) is 2. The number of rotatable bonds is 4. The van der Waals surface area contributed by atoms with Crippen LogP contribution in [0, 0.1) is 6.92 Å². The molecule has 0 aliphatic rings. The summed E-state index contributed by atoms with van der Waals surface area (Å²) >= 11 is 6.06. The van der Waals surface area contributed by atoms with Gasteiger partial charge in [-0.1, -0.05) is 11.6 Å². The zero-order valence-electron chi connectivity index (χ0n) is 11.0. The Labute approximate surface area is 107 Å². The molecule has 17 heavy (non-hydrogen) atoms. The lowest BCUT2D eigenvalue weighted by Gasteiger charge is -2.18. The summed E-state index contributed by atoms with van der Waals surface area (Å²) in [6, 6.07) is 0. The summed E-state index contributed by atoms with van der Waals surface area (Å²) in [7, 11) is 1.76. The van der Waals surface area contributed by atoms with E-state index < -0.39 is 0 Å². The zero-order chi connectivity index (χ0) is 13.2. The van der Waals surface area contributed by atoms with Crippen molar-refractivity contribution in [1.82, 2.24) is 9.78 Å². The fraction of sp³-hybridized carbons (Fsp3) is 0.667. The van der Waals surface area contributed by atoms with Crippen molar-refractivity contribution in [2.24, 2.45) is 7.05 Å². The number of aryl methyl sites for hydroxylation is 2. The number of Topliss-reactive ketones (excluding diaryl/α,β-unsaturated/α-hetero) is 1. The zero-order valence-corrected chi connectivity index (χ0v) is 11.8. The maximum absolute atomic E-state index is 11.8. The maximum Gasteiger partial charge on any atom is 0.163 e. The highest BCUT2D eigenvalue weighted by molar-refractivity contribution is 6.30. The lowest BCUT2D eigenvalue weighted by atomic mass is 10.1. The molecule has 0 saturated heterocycles. The molecule has 0 bridgehead atoms. The molecule has 0 aliphatic heterocycles. The predicted molar refractivity (Wildman–Crippen MR) is 67.4 cm³/mol. The van der Waals surface area contributed by atoms with Gasteiger partial charge in [0.1, 0.15) is 11.8 Å². The SMILES string of the molecule is Cc1nn(C)c(Cl)c1CC(=O)COC(C)(C)C. The van der Waals surface area contributed by atoms with Gasteiger partial charge < -0.3 is 4.74 Å². The van der Waals surface area contributed by atoms with E-state index in [-0.39, 0.29) is 24.4 Å². The first-order chi connectivity index (χ1) is 7.70. The van der Waals surface area contributed by atoms with Gasteiger partial charge in [-0.15, -0.1) is 0 Å². The lowest BCUT2D eigenvalue weighted by molar-refractivity contribution is -0.127. The van der Waals surface area contributed by atoms with E-state index in [1.807, 2.05) is 27.7 Å². The summed E-state index contributed by atoms with van der Waals surface area (Å²) in [6.07, 6.45) is 0.272. The molecule has 0 aromatic carbocycles. The Kier molecular flexibility index (Phi) is 4.33. The number of hydrogen-bond acceptors (Lipinski definition) is 3. The van der Waals surface area contributed by atoms with Gasteiger partial charge in [0.05, 0.1) is 11.3 Å². The van der Waals surface area contributed by atoms with Crippen molar-refractivity contribution in [1.29, 1.82) is 0 Å².